The van der Waals surface area contributed by atoms with Crippen molar-refractivity contribution in [2.24, 2.45) is 17.8 Å². The third-order valence-corrected chi connectivity index (χ3v) is 3.50. The van der Waals surface area contributed by atoms with E-state index in [2.05, 4.69) is 13.8 Å². The van der Waals surface area contributed by atoms with Gasteiger partial charge in [0.05, 0.1) is 0 Å². The zero-order valence-corrected chi connectivity index (χ0v) is 9.92. The fraction of sp³-hybridized carbons (Fsp3) is 0.917. The van der Waals surface area contributed by atoms with Crippen molar-refractivity contribution in [2.45, 2.75) is 39.5 Å². The molecule has 0 spiro atoms. The van der Waals surface area contributed by atoms with Crippen LogP contribution in [0.15, 0.2) is 0 Å². The Morgan fingerprint density at radius 3 is 2.00 bits per heavy atom. The highest BCUT2D eigenvalue weighted by molar-refractivity contribution is 5.78. The van der Waals surface area contributed by atoms with Gasteiger partial charge in [-0.15, -0.1) is 0 Å². The predicted molar refractivity (Wildman–Crippen MR) is 59.0 cm³/mol. The molecule has 0 saturated heterocycles. The highest BCUT2D eigenvalue weighted by Crippen LogP contribution is 2.33. The zero-order chi connectivity index (χ0) is 10.7. The van der Waals surface area contributed by atoms with Gasteiger partial charge in [0.15, 0.2) is 0 Å². The van der Waals surface area contributed by atoms with Gasteiger partial charge in [-0.05, 0) is 37.5 Å². The number of nitrogens with zero attached hydrogens (tertiary/aromatic N) is 1. The van der Waals surface area contributed by atoms with Crippen LogP contribution in [0.1, 0.15) is 39.5 Å². The fourth-order valence-electron chi connectivity index (χ4n) is 2.40. The van der Waals surface area contributed by atoms with Crippen LogP contribution in [0.25, 0.3) is 0 Å². The van der Waals surface area contributed by atoms with Crippen molar-refractivity contribution in [3.63, 3.8) is 0 Å². The average Bonchev–Trinajstić information content (AvgIpc) is 2.16. The minimum absolute atomic E-state index is 0.306. The van der Waals surface area contributed by atoms with Crippen LogP contribution in [-0.4, -0.2) is 24.9 Å². The highest BCUT2D eigenvalue weighted by Gasteiger charge is 2.28. The van der Waals surface area contributed by atoms with Gasteiger partial charge in [0.25, 0.3) is 0 Å². The molecule has 0 aromatic heterocycles. The molecule has 1 amide bonds. The van der Waals surface area contributed by atoms with Gasteiger partial charge in [0.1, 0.15) is 0 Å². The Balaban J connectivity index is 2.39. The molecule has 0 unspecified atom stereocenters. The lowest BCUT2D eigenvalue weighted by Gasteiger charge is -2.31. The molecule has 0 aliphatic heterocycles. The number of hydrogen-bond donors (Lipinski definition) is 0. The van der Waals surface area contributed by atoms with E-state index in [9.17, 15) is 4.79 Å². The molecule has 82 valence electrons. The second-order valence-electron chi connectivity index (χ2n) is 5.09. The summed E-state index contributed by atoms with van der Waals surface area (Å²) < 4.78 is 0. The zero-order valence-electron chi connectivity index (χ0n) is 9.92. The number of amides is 1. The van der Waals surface area contributed by atoms with Gasteiger partial charge in [0.2, 0.25) is 5.91 Å². The first-order valence-corrected chi connectivity index (χ1v) is 5.73. The van der Waals surface area contributed by atoms with E-state index in [1.54, 1.807) is 4.90 Å². The van der Waals surface area contributed by atoms with Gasteiger partial charge in [-0.25, -0.2) is 0 Å². The normalized spacial score (nSPS) is 27.8. The Kier molecular flexibility index (Phi) is 3.97. The van der Waals surface area contributed by atoms with Crippen LogP contribution in [0.3, 0.4) is 0 Å². The molecule has 0 N–H and O–H groups in total. The van der Waals surface area contributed by atoms with E-state index in [4.69, 9.17) is 0 Å². The van der Waals surface area contributed by atoms with Crippen LogP contribution < -0.4 is 0 Å². The van der Waals surface area contributed by atoms with E-state index >= 15 is 0 Å². The summed E-state index contributed by atoms with van der Waals surface area (Å²) in [5, 5.41) is 0. The first kappa shape index (κ1) is 11.5. The van der Waals surface area contributed by atoms with Gasteiger partial charge in [-0.2, -0.15) is 0 Å². The monoisotopic (exact) mass is 197 g/mol. The molecule has 0 heterocycles. The number of carbonyl (C=O) groups excluding carboxylic acids is 1. The van der Waals surface area contributed by atoms with E-state index in [1.807, 2.05) is 14.1 Å². The lowest BCUT2D eigenvalue weighted by Crippen LogP contribution is -2.32. The smallest absolute Gasteiger partial charge is 0.225 e. The maximum Gasteiger partial charge on any atom is 0.225 e. The molecule has 2 heteroatoms. The minimum atomic E-state index is 0.306. The summed E-state index contributed by atoms with van der Waals surface area (Å²) in [7, 11) is 3.72. The highest BCUT2D eigenvalue weighted by atomic mass is 16.2. The molecule has 14 heavy (non-hydrogen) atoms. The summed E-state index contributed by atoms with van der Waals surface area (Å²) in [6.45, 7) is 4.58. The SMILES string of the molecule is CC(C)C1CCC(C(=O)N(C)C)CC1. The third kappa shape index (κ3) is 2.73. The molecule has 1 rings (SSSR count). The van der Waals surface area contributed by atoms with E-state index in [1.165, 1.54) is 12.8 Å². The molecule has 1 aliphatic rings. The van der Waals surface area contributed by atoms with E-state index < -0.39 is 0 Å². The molecule has 1 aliphatic carbocycles. The lowest BCUT2D eigenvalue weighted by atomic mass is 9.76. The quantitative estimate of drug-likeness (QED) is 0.666. The van der Waals surface area contributed by atoms with E-state index in [0.717, 1.165) is 24.7 Å². The second kappa shape index (κ2) is 4.81. The fourth-order valence-corrected chi connectivity index (χ4v) is 2.40. The van der Waals surface area contributed by atoms with Gasteiger partial charge in [0, 0.05) is 20.0 Å². The molecule has 1 fully saturated rings. The van der Waals surface area contributed by atoms with Crippen molar-refractivity contribution in [2.75, 3.05) is 14.1 Å². The topological polar surface area (TPSA) is 20.3 Å². The largest absolute Gasteiger partial charge is 0.349 e. The van der Waals surface area contributed by atoms with Crippen LogP contribution in [0.5, 0.6) is 0 Å². The first-order chi connectivity index (χ1) is 6.52. The van der Waals surface area contributed by atoms with Crippen molar-refractivity contribution in [1.29, 1.82) is 0 Å². The molecular formula is C12H23NO. The Morgan fingerprint density at radius 1 is 1.14 bits per heavy atom. The summed E-state index contributed by atoms with van der Waals surface area (Å²) in [5.74, 6) is 2.26. The Bertz CT molecular complexity index is 190. The van der Waals surface area contributed by atoms with Crippen LogP contribution in [0, 0.1) is 17.8 Å². The summed E-state index contributed by atoms with van der Waals surface area (Å²) in [4.78, 5) is 13.4. The van der Waals surface area contributed by atoms with Gasteiger partial charge in [-0.3, -0.25) is 4.79 Å². The maximum atomic E-state index is 11.7. The molecule has 0 aromatic rings. The van der Waals surface area contributed by atoms with Crippen LogP contribution >= 0.6 is 0 Å². The predicted octanol–water partition coefficient (Wildman–Crippen LogP) is 2.54. The van der Waals surface area contributed by atoms with Crippen molar-refractivity contribution >= 4 is 5.91 Å². The summed E-state index contributed by atoms with van der Waals surface area (Å²) in [5.41, 5.74) is 0. The lowest BCUT2D eigenvalue weighted by molar-refractivity contribution is -0.134. The number of hydrogen-bond acceptors (Lipinski definition) is 1. The van der Waals surface area contributed by atoms with E-state index in [-0.39, 0.29) is 0 Å². The summed E-state index contributed by atoms with van der Waals surface area (Å²) in [6.07, 6.45) is 4.67. The minimum Gasteiger partial charge on any atom is -0.349 e. The van der Waals surface area contributed by atoms with Crippen LogP contribution in [-0.2, 0) is 4.79 Å². The van der Waals surface area contributed by atoms with Crippen LogP contribution in [0.4, 0.5) is 0 Å². The molecule has 0 atom stereocenters. The van der Waals surface area contributed by atoms with Gasteiger partial charge < -0.3 is 4.90 Å². The third-order valence-electron chi connectivity index (χ3n) is 3.50. The molecule has 2 nitrogen and oxygen atoms in total. The van der Waals surface area contributed by atoms with E-state index in [0.29, 0.717) is 11.8 Å². The average molecular weight is 197 g/mol. The summed E-state index contributed by atoms with van der Waals surface area (Å²) >= 11 is 0. The first-order valence-electron chi connectivity index (χ1n) is 5.73. The Hall–Kier alpha value is -0.530. The molecule has 0 bridgehead atoms. The van der Waals surface area contributed by atoms with Gasteiger partial charge >= 0.3 is 0 Å². The summed E-state index contributed by atoms with van der Waals surface area (Å²) in [6, 6.07) is 0. The molecular weight excluding hydrogens is 174 g/mol. The second-order valence-corrected chi connectivity index (χ2v) is 5.09. The molecule has 0 radical (unpaired) electrons. The Labute approximate surface area is 87.7 Å². The maximum absolute atomic E-state index is 11.7. The van der Waals surface area contributed by atoms with Crippen LogP contribution in [0.2, 0.25) is 0 Å². The standard InChI is InChI=1S/C12H23NO/c1-9(2)10-5-7-11(8-6-10)12(14)13(3)4/h9-11H,5-8H2,1-4H3. The van der Waals surface area contributed by atoms with Crippen molar-refractivity contribution in [3.8, 4) is 0 Å². The van der Waals surface area contributed by atoms with Crippen molar-refractivity contribution in [3.05, 3.63) is 0 Å². The van der Waals surface area contributed by atoms with Crippen molar-refractivity contribution < 1.29 is 4.79 Å². The van der Waals surface area contributed by atoms with Gasteiger partial charge in [-0.1, -0.05) is 13.8 Å². The molecule has 1 saturated carbocycles. The Morgan fingerprint density at radius 2 is 1.64 bits per heavy atom. The number of rotatable bonds is 2. The molecule has 0 aromatic carbocycles. The van der Waals surface area contributed by atoms with Crippen molar-refractivity contribution in [1.82, 2.24) is 4.90 Å². The number of carbonyl (C=O) groups is 1.